The van der Waals surface area contributed by atoms with Gasteiger partial charge in [-0.1, -0.05) is 34.0 Å². The molecule has 0 saturated heterocycles. The Morgan fingerprint density at radius 1 is 1.07 bits per heavy atom. The highest BCUT2D eigenvalue weighted by Crippen LogP contribution is 2.40. The van der Waals surface area contributed by atoms with Gasteiger partial charge >= 0.3 is 0 Å². The Morgan fingerprint density at radius 3 is 2.67 bits per heavy atom. The summed E-state index contributed by atoms with van der Waals surface area (Å²) in [5, 5.41) is 0.573. The number of nitrogens with zero attached hydrogens (tertiary/aromatic N) is 4. The SMILES string of the molecule is NC1=NC2(CCCCC2)N(c2ccc3oc(-c4cc(Br)ccc4Cl)nc3c2)C(N)=N1. The average Bonchev–Trinajstić information content (AvgIpc) is 3.13. The Balaban J connectivity index is 1.59. The summed E-state index contributed by atoms with van der Waals surface area (Å²) in [5.74, 6) is 1.05. The van der Waals surface area contributed by atoms with E-state index in [4.69, 9.17) is 32.5 Å². The zero-order valence-corrected chi connectivity index (χ0v) is 18.4. The number of nitrogens with two attached hydrogens (primary N) is 2. The third-order valence-electron chi connectivity index (χ3n) is 5.64. The van der Waals surface area contributed by atoms with Crippen molar-refractivity contribution in [2.24, 2.45) is 21.5 Å². The van der Waals surface area contributed by atoms with Crippen LogP contribution in [0.3, 0.4) is 0 Å². The van der Waals surface area contributed by atoms with Gasteiger partial charge in [-0.15, -0.1) is 0 Å². The van der Waals surface area contributed by atoms with Crippen molar-refractivity contribution >= 4 is 56.2 Å². The summed E-state index contributed by atoms with van der Waals surface area (Å²) in [7, 11) is 0. The minimum Gasteiger partial charge on any atom is -0.436 e. The van der Waals surface area contributed by atoms with Crippen LogP contribution in [-0.2, 0) is 0 Å². The molecule has 2 aromatic carbocycles. The number of benzene rings is 2. The van der Waals surface area contributed by atoms with Gasteiger partial charge in [-0.25, -0.2) is 9.98 Å². The van der Waals surface area contributed by atoms with Crippen molar-refractivity contribution in [2.75, 3.05) is 4.90 Å². The summed E-state index contributed by atoms with van der Waals surface area (Å²) < 4.78 is 6.87. The number of aliphatic imine (C=N–C) groups is 2. The Morgan fingerprint density at radius 2 is 1.87 bits per heavy atom. The second-order valence-corrected chi connectivity index (χ2v) is 8.94. The smallest absolute Gasteiger partial charge is 0.228 e. The minimum atomic E-state index is -0.498. The maximum absolute atomic E-state index is 6.35. The van der Waals surface area contributed by atoms with Crippen LogP contribution < -0.4 is 16.4 Å². The first-order valence-corrected chi connectivity index (χ1v) is 11.0. The maximum atomic E-state index is 6.35. The van der Waals surface area contributed by atoms with Gasteiger partial charge in [0.1, 0.15) is 11.2 Å². The number of aromatic nitrogens is 1. The van der Waals surface area contributed by atoms with E-state index in [0.717, 1.165) is 41.4 Å². The van der Waals surface area contributed by atoms with Crippen molar-refractivity contribution < 1.29 is 4.42 Å². The van der Waals surface area contributed by atoms with Crippen molar-refractivity contribution in [3.63, 3.8) is 0 Å². The van der Waals surface area contributed by atoms with Crippen molar-refractivity contribution in [3.05, 3.63) is 45.9 Å². The lowest BCUT2D eigenvalue weighted by molar-refractivity contribution is 0.305. The quantitative estimate of drug-likeness (QED) is 0.528. The largest absolute Gasteiger partial charge is 0.436 e. The molecular formula is C21H20BrClN6O. The highest BCUT2D eigenvalue weighted by molar-refractivity contribution is 9.10. The van der Waals surface area contributed by atoms with E-state index in [9.17, 15) is 0 Å². The molecule has 1 fully saturated rings. The molecule has 0 bridgehead atoms. The van der Waals surface area contributed by atoms with Crippen LogP contribution in [0.5, 0.6) is 0 Å². The van der Waals surface area contributed by atoms with Crippen LogP contribution in [0, 0.1) is 0 Å². The first-order chi connectivity index (χ1) is 14.4. The van der Waals surface area contributed by atoms with Crippen LogP contribution >= 0.6 is 27.5 Å². The number of fused-ring (bicyclic) bond motifs is 1. The molecule has 1 aliphatic heterocycles. The molecule has 2 aliphatic rings. The maximum Gasteiger partial charge on any atom is 0.228 e. The zero-order valence-electron chi connectivity index (χ0n) is 16.1. The number of oxazole rings is 1. The van der Waals surface area contributed by atoms with Crippen LogP contribution in [0.2, 0.25) is 5.02 Å². The molecule has 4 N–H and O–H groups in total. The molecule has 1 aliphatic carbocycles. The molecule has 154 valence electrons. The molecule has 0 radical (unpaired) electrons. The number of guanidine groups is 2. The highest BCUT2D eigenvalue weighted by Gasteiger charge is 2.42. The van der Waals surface area contributed by atoms with E-state index < -0.39 is 5.66 Å². The lowest BCUT2D eigenvalue weighted by Crippen LogP contribution is -2.58. The van der Waals surface area contributed by atoms with Gasteiger partial charge in [-0.2, -0.15) is 4.99 Å². The lowest BCUT2D eigenvalue weighted by Gasteiger charge is -2.45. The average molecular weight is 488 g/mol. The molecule has 0 unspecified atom stereocenters. The number of hydrogen-bond acceptors (Lipinski definition) is 7. The van der Waals surface area contributed by atoms with Gasteiger partial charge in [0.25, 0.3) is 0 Å². The molecule has 1 aromatic heterocycles. The van der Waals surface area contributed by atoms with Gasteiger partial charge in [0.15, 0.2) is 5.58 Å². The van der Waals surface area contributed by atoms with Crippen LogP contribution in [-0.4, -0.2) is 22.6 Å². The second kappa shape index (κ2) is 7.28. The predicted molar refractivity (Wildman–Crippen MR) is 124 cm³/mol. The summed E-state index contributed by atoms with van der Waals surface area (Å²) in [6.45, 7) is 0. The van der Waals surface area contributed by atoms with Crippen molar-refractivity contribution in [1.82, 2.24) is 4.98 Å². The first kappa shape index (κ1) is 19.4. The Bertz CT molecular complexity index is 1200. The third kappa shape index (κ3) is 3.24. The summed E-state index contributed by atoms with van der Waals surface area (Å²) in [4.78, 5) is 15.6. The first-order valence-electron chi connectivity index (χ1n) is 9.81. The van der Waals surface area contributed by atoms with Crippen molar-refractivity contribution in [2.45, 2.75) is 37.8 Å². The normalized spacial score (nSPS) is 18.5. The standard InChI is InChI=1S/C21H20BrClN6O/c22-12-4-6-15(23)14(10-12)18-26-16-11-13(5-7-17(16)30-18)29-20(25)27-19(24)28-21(29)8-2-1-3-9-21/h4-7,10-11H,1-3,8-9H2,(H4,24,25,27,28). The topological polar surface area (TPSA) is 106 Å². The van der Waals surface area contributed by atoms with Crippen molar-refractivity contribution in [3.8, 4) is 11.5 Å². The predicted octanol–water partition coefficient (Wildman–Crippen LogP) is 5.02. The number of hydrogen-bond donors (Lipinski definition) is 2. The Hall–Kier alpha value is -2.58. The van der Waals surface area contributed by atoms with E-state index >= 15 is 0 Å². The van der Waals surface area contributed by atoms with Gasteiger partial charge in [-0.3, -0.25) is 4.90 Å². The Kier molecular flexibility index (Phi) is 4.71. The fraction of sp³-hybridized carbons (Fsp3) is 0.286. The number of anilines is 1. The molecule has 30 heavy (non-hydrogen) atoms. The molecule has 5 rings (SSSR count). The molecule has 1 spiro atoms. The zero-order chi connectivity index (χ0) is 20.9. The monoisotopic (exact) mass is 486 g/mol. The van der Waals surface area contributed by atoms with E-state index in [1.807, 2.05) is 35.2 Å². The van der Waals surface area contributed by atoms with Crippen molar-refractivity contribution in [1.29, 1.82) is 0 Å². The van der Waals surface area contributed by atoms with E-state index in [2.05, 4.69) is 25.9 Å². The van der Waals surface area contributed by atoms with Crippen LogP contribution in [0.15, 0.2) is 55.3 Å². The van der Waals surface area contributed by atoms with E-state index in [1.54, 1.807) is 6.07 Å². The summed E-state index contributed by atoms with van der Waals surface area (Å²) in [6.07, 6.45) is 5.07. The van der Waals surface area contributed by atoms with Crippen LogP contribution in [0.1, 0.15) is 32.1 Å². The van der Waals surface area contributed by atoms with Gasteiger partial charge in [0.2, 0.25) is 17.8 Å². The van der Waals surface area contributed by atoms with Gasteiger partial charge in [0, 0.05) is 10.2 Å². The molecule has 1 saturated carbocycles. The number of halogens is 2. The molecule has 7 nitrogen and oxygen atoms in total. The number of rotatable bonds is 2. The van der Waals surface area contributed by atoms with Crippen LogP contribution in [0.4, 0.5) is 5.69 Å². The van der Waals surface area contributed by atoms with E-state index in [-0.39, 0.29) is 5.96 Å². The van der Waals surface area contributed by atoms with Gasteiger partial charge in [0.05, 0.1) is 10.6 Å². The van der Waals surface area contributed by atoms with E-state index in [1.165, 1.54) is 6.42 Å². The lowest BCUT2D eigenvalue weighted by atomic mass is 9.87. The Labute approximate surface area is 186 Å². The summed E-state index contributed by atoms with van der Waals surface area (Å²) in [5.41, 5.74) is 14.8. The molecule has 2 heterocycles. The summed E-state index contributed by atoms with van der Waals surface area (Å²) >= 11 is 9.82. The van der Waals surface area contributed by atoms with Crippen LogP contribution in [0.25, 0.3) is 22.6 Å². The second-order valence-electron chi connectivity index (χ2n) is 7.61. The fourth-order valence-corrected chi connectivity index (χ4v) is 4.89. The van der Waals surface area contributed by atoms with E-state index in [0.29, 0.717) is 28.0 Å². The fourth-order valence-electron chi connectivity index (χ4n) is 4.33. The summed E-state index contributed by atoms with van der Waals surface area (Å²) in [6, 6.07) is 11.4. The third-order valence-corrected chi connectivity index (χ3v) is 6.46. The molecule has 0 amide bonds. The van der Waals surface area contributed by atoms with Gasteiger partial charge < -0.3 is 15.9 Å². The van der Waals surface area contributed by atoms with Gasteiger partial charge in [-0.05, 0) is 62.1 Å². The molecular weight excluding hydrogens is 468 g/mol. The molecule has 0 atom stereocenters. The molecule has 9 heteroatoms. The highest BCUT2D eigenvalue weighted by atomic mass is 79.9. The minimum absolute atomic E-state index is 0.236. The molecule has 3 aromatic rings.